The number of hydrogen-bond acceptors (Lipinski definition) is 4. The van der Waals surface area contributed by atoms with Crippen LogP contribution in [0.5, 0.6) is 5.75 Å². The number of halogens is 1. The van der Waals surface area contributed by atoms with Gasteiger partial charge in [-0.1, -0.05) is 26.0 Å². The zero-order chi connectivity index (χ0) is 15.9. The summed E-state index contributed by atoms with van der Waals surface area (Å²) in [7, 11) is 1.61. The van der Waals surface area contributed by atoms with Crippen LogP contribution in [-0.2, 0) is 17.8 Å². The lowest BCUT2D eigenvalue weighted by atomic mass is 10.0. The third-order valence-electron chi connectivity index (χ3n) is 3.26. The highest BCUT2D eigenvalue weighted by atomic mass is 32.1. The maximum Gasteiger partial charge on any atom is 0.125 e. The molecule has 0 aliphatic heterocycles. The monoisotopic (exact) mass is 323 g/mol. The number of rotatable bonds is 8. The van der Waals surface area contributed by atoms with Crippen LogP contribution >= 0.6 is 11.3 Å². The summed E-state index contributed by atoms with van der Waals surface area (Å²) in [4.78, 5) is 5.73. The second kappa shape index (κ2) is 8.25. The van der Waals surface area contributed by atoms with Crippen molar-refractivity contribution in [3.63, 3.8) is 0 Å². The van der Waals surface area contributed by atoms with Crippen LogP contribution in [0.1, 0.15) is 24.3 Å². The molecule has 120 valence electrons. The zero-order valence-corrected chi connectivity index (χ0v) is 14.1. The van der Waals surface area contributed by atoms with Crippen LogP contribution in [0.2, 0.25) is 0 Å². The van der Waals surface area contributed by atoms with Crippen molar-refractivity contribution < 1.29 is 13.9 Å². The van der Waals surface area contributed by atoms with Crippen molar-refractivity contribution in [1.29, 1.82) is 0 Å². The lowest BCUT2D eigenvalue weighted by Gasteiger charge is -2.12. The summed E-state index contributed by atoms with van der Waals surface area (Å²) in [6.45, 7) is 4.72. The SMILES string of the molecule is COCCOc1cc(-c2ncsc2CC(C)C)ccc1CF. The van der Waals surface area contributed by atoms with E-state index in [9.17, 15) is 4.39 Å². The summed E-state index contributed by atoms with van der Waals surface area (Å²) in [5.74, 6) is 1.14. The van der Waals surface area contributed by atoms with Crippen molar-refractivity contribution in [2.24, 2.45) is 5.92 Å². The molecule has 2 rings (SSSR count). The third kappa shape index (κ3) is 4.27. The summed E-state index contributed by atoms with van der Waals surface area (Å²) in [6, 6.07) is 5.57. The number of nitrogens with zero attached hydrogens (tertiary/aromatic N) is 1. The standard InChI is InChI=1S/C17H22FNO2S/c1-12(2)8-16-17(19-11-22-16)13-4-5-14(10-18)15(9-13)21-7-6-20-3/h4-5,9,11-12H,6-8,10H2,1-3H3. The zero-order valence-electron chi connectivity index (χ0n) is 13.3. The molecule has 0 saturated carbocycles. The van der Waals surface area contributed by atoms with E-state index in [1.807, 2.05) is 17.6 Å². The fraction of sp³-hybridized carbons (Fsp3) is 0.471. The van der Waals surface area contributed by atoms with E-state index in [0.717, 1.165) is 17.7 Å². The molecule has 1 heterocycles. The number of thiazole rings is 1. The van der Waals surface area contributed by atoms with Crippen molar-refractivity contribution in [3.05, 3.63) is 34.2 Å². The first-order valence-electron chi connectivity index (χ1n) is 7.39. The van der Waals surface area contributed by atoms with E-state index in [4.69, 9.17) is 9.47 Å². The van der Waals surface area contributed by atoms with E-state index < -0.39 is 6.67 Å². The van der Waals surface area contributed by atoms with Crippen LogP contribution < -0.4 is 4.74 Å². The number of alkyl halides is 1. The largest absolute Gasteiger partial charge is 0.491 e. The van der Waals surface area contributed by atoms with E-state index in [0.29, 0.717) is 30.4 Å². The first kappa shape index (κ1) is 16.9. The molecule has 0 spiro atoms. The minimum absolute atomic E-state index is 0.406. The van der Waals surface area contributed by atoms with Crippen LogP contribution in [0, 0.1) is 5.92 Å². The Kier molecular flexibility index (Phi) is 6.34. The Morgan fingerprint density at radius 1 is 1.27 bits per heavy atom. The van der Waals surface area contributed by atoms with Crippen LogP contribution in [-0.4, -0.2) is 25.3 Å². The van der Waals surface area contributed by atoms with Gasteiger partial charge in [-0.05, 0) is 18.4 Å². The highest BCUT2D eigenvalue weighted by Gasteiger charge is 2.13. The number of benzene rings is 1. The van der Waals surface area contributed by atoms with Gasteiger partial charge >= 0.3 is 0 Å². The van der Waals surface area contributed by atoms with Gasteiger partial charge in [-0.2, -0.15) is 0 Å². The van der Waals surface area contributed by atoms with Crippen molar-refractivity contribution in [2.75, 3.05) is 20.3 Å². The number of ether oxygens (including phenoxy) is 2. The van der Waals surface area contributed by atoms with E-state index in [2.05, 4.69) is 18.8 Å². The lowest BCUT2D eigenvalue weighted by molar-refractivity contribution is 0.145. The molecule has 22 heavy (non-hydrogen) atoms. The van der Waals surface area contributed by atoms with Crippen LogP contribution in [0.25, 0.3) is 11.3 Å². The molecule has 0 amide bonds. The Hall–Kier alpha value is -1.46. The Labute approximate surface area is 135 Å². The molecule has 0 radical (unpaired) electrons. The fourth-order valence-electron chi connectivity index (χ4n) is 2.20. The first-order chi connectivity index (χ1) is 10.7. The normalized spacial score (nSPS) is 11.1. The Balaban J connectivity index is 2.28. The Morgan fingerprint density at radius 2 is 2.09 bits per heavy atom. The molecule has 2 aromatic rings. The van der Waals surface area contributed by atoms with Gasteiger partial charge in [0.15, 0.2) is 0 Å². The lowest BCUT2D eigenvalue weighted by Crippen LogP contribution is -2.06. The molecule has 3 nitrogen and oxygen atoms in total. The molecular formula is C17H22FNO2S. The van der Waals surface area contributed by atoms with Crippen LogP contribution in [0.4, 0.5) is 4.39 Å². The van der Waals surface area contributed by atoms with Crippen LogP contribution in [0.3, 0.4) is 0 Å². The predicted octanol–water partition coefficient (Wildman–Crippen LogP) is 4.50. The van der Waals surface area contributed by atoms with Crippen molar-refractivity contribution in [2.45, 2.75) is 26.9 Å². The molecule has 0 unspecified atom stereocenters. The first-order valence-corrected chi connectivity index (χ1v) is 8.27. The topological polar surface area (TPSA) is 31.4 Å². The minimum Gasteiger partial charge on any atom is -0.491 e. The predicted molar refractivity (Wildman–Crippen MR) is 88.3 cm³/mol. The maximum atomic E-state index is 13.1. The van der Waals surface area contributed by atoms with Gasteiger partial charge in [0.25, 0.3) is 0 Å². The number of hydrogen-bond donors (Lipinski definition) is 0. The second-order valence-electron chi connectivity index (χ2n) is 5.52. The third-order valence-corrected chi connectivity index (χ3v) is 4.12. The highest BCUT2D eigenvalue weighted by molar-refractivity contribution is 7.10. The van der Waals surface area contributed by atoms with Gasteiger partial charge in [0.1, 0.15) is 19.0 Å². The molecule has 0 aliphatic rings. The molecule has 0 bridgehead atoms. The molecule has 0 atom stereocenters. The summed E-state index contributed by atoms with van der Waals surface area (Å²) in [5.41, 5.74) is 4.37. The van der Waals surface area contributed by atoms with Crippen molar-refractivity contribution >= 4 is 11.3 Å². The molecule has 1 aromatic heterocycles. The van der Waals surface area contributed by atoms with Gasteiger partial charge in [-0.15, -0.1) is 11.3 Å². The summed E-state index contributed by atoms with van der Waals surface area (Å²) in [6.07, 6.45) is 0.991. The molecule has 5 heteroatoms. The van der Waals surface area contributed by atoms with Gasteiger partial charge in [0, 0.05) is 23.1 Å². The average Bonchev–Trinajstić information content (AvgIpc) is 2.94. The molecule has 0 N–H and O–H groups in total. The van der Waals surface area contributed by atoms with E-state index >= 15 is 0 Å². The van der Waals surface area contributed by atoms with Gasteiger partial charge in [-0.3, -0.25) is 0 Å². The Bertz CT molecular complexity index is 598. The van der Waals surface area contributed by atoms with E-state index in [1.165, 1.54) is 4.88 Å². The fourth-order valence-corrected chi connectivity index (χ4v) is 3.20. The van der Waals surface area contributed by atoms with Crippen LogP contribution in [0.15, 0.2) is 23.7 Å². The second-order valence-corrected chi connectivity index (χ2v) is 6.46. The van der Waals surface area contributed by atoms with Gasteiger partial charge < -0.3 is 9.47 Å². The highest BCUT2D eigenvalue weighted by Crippen LogP contribution is 2.32. The number of methoxy groups -OCH3 is 1. The van der Waals surface area contributed by atoms with Gasteiger partial charge in [-0.25, -0.2) is 9.37 Å². The van der Waals surface area contributed by atoms with Gasteiger partial charge in [0.2, 0.25) is 0 Å². The van der Waals surface area contributed by atoms with E-state index in [1.54, 1.807) is 24.5 Å². The maximum absolute atomic E-state index is 13.1. The van der Waals surface area contributed by atoms with Gasteiger partial charge in [0.05, 0.1) is 17.8 Å². The molecular weight excluding hydrogens is 301 g/mol. The molecule has 0 saturated heterocycles. The smallest absolute Gasteiger partial charge is 0.125 e. The summed E-state index contributed by atoms with van der Waals surface area (Å²) >= 11 is 1.66. The van der Waals surface area contributed by atoms with Crippen molar-refractivity contribution in [1.82, 2.24) is 4.98 Å². The molecule has 0 aliphatic carbocycles. The van der Waals surface area contributed by atoms with E-state index in [-0.39, 0.29) is 0 Å². The summed E-state index contributed by atoms with van der Waals surface area (Å²) in [5, 5.41) is 0. The van der Waals surface area contributed by atoms with Crippen molar-refractivity contribution in [3.8, 4) is 17.0 Å². The molecule has 1 aromatic carbocycles. The number of aromatic nitrogens is 1. The Morgan fingerprint density at radius 3 is 2.77 bits per heavy atom. The summed E-state index contributed by atoms with van der Waals surface area (Å²) < 4.78 is 23.7. The molecule has 0 fully saturated rings. The average molecular weight is 323 g/mol. The quantitative estimate of drug-likeness (QED) is 0.670. The minimum atomic E-state index is -0.543.